The number of amides is 2. The minimum atomic E-state index is 0.118. The third-order valence-electron chi connectivity index (χ3n) is 4.48. The first kappa shape index (κ1) is 17.3. The molecule has 0 unspecified atom stereocenters. The quantitative estimate of drug-likeness (QED) is 0.793. The number of nitrogens with zero attached hydrogens (tertiary/aromatic N) is 2. The van der Waals surface area contributed by atoms with Crippen LogP contribution in [0.5, 0.6) is 0 Å². The van der Waals surface area contributed by atoms with Crippen molar-refractivity contribution in [3.05, 3.63) is 29.8 Å². The fraction of sp³-hybridized carbons (Fsp3) is 0.556. The summed E-state index contributed by atoms with van der Waals surface area (Å²) in [5.74, 6) is 0.783. The van der Waals surface area contributed by atoms with Crippen LogP contribution in [0.2, 0.25) is 0 Å². The van der Waals surface area contributed by atoms with E-state index in [4.69, 9.17) is 0 Å². The molecule has 0 bridgehead atoms. The molecule has 1 aromatic rings. The highest BCUT2D eigenvalue weighted by Gasteiger charge is 2.26. The van der Waals surface area contributed by atoms with Gasteiger partial charge in [0.2, 0.25) is 11.8 Å². The van der Waals surface area contributed by atoms with Crippen molar-refractivity contribution in [3.63, 3.8) is 0 Å². The number of aryl methyl sites for hydroxylation is 1. The van der Waals surface area contributed by atoms with Gasteiger partial charge in [0.1, 0.15) is 0 Å². The molecule has 2 fully saturated rings. The maximum absolute atomic E-state index is 12.4. The lowest BCUT2D eigenvalue weighted by Crippen LogP contribution is -2.51. The van der Waals surface area contributed by atoms with Crippen LogP contribution in [0, 0.1) is 6.92 Å². The lowest BCUT2D eigenvalue weighted by Gasteiger charge is -2.34. The van der Waals surface area contributed by atoms with Crippen molar-refractivity contribution < 1.29 is 9.59 Å². The predicted molar refractivity (Wildman–Crippen MR) is 96.1 cm³/mol. The molecule has 6 heteroatoms. The van der Waals surface area contributed by atoms with E-state index in [1.807, 2.05) is 17.0 Å². The number of benzene rings is 1. The number of rotatable bonds is 6. The molecule has 1 aromatic carbocycles. The van der Waals surface area contributed by atoms with Crippen LogP contribution in [0.1, 0.15) is 18.4 Å². The van der Waals surface area contributed by atoms with Gasteiger partial charge < -0.3 is 10.2 Å². The van der Waals surface area contributed by atoms with Crippen LogP contribution in [0.3, 0.4) is 0 Å². The largest absolute Gasteiger partial charge is 0.352 e. The lowest BCUT2D eigenvalue weighted by atomic mass is 10.2. The topological polar surface area (TPSA) is 52.7 Å². The fourth-order valence-electron chi connectivity index (χ4n) is 2.81. The Hall–Kier alpha value is -1.53. The van der Waals surface area contributed by atoms with Gasteiger partial charge in [0.25, 0.3) is 0 Å². The highest BCUT2D eigenvalue weighted by molar-refractivity contribution is 8.00. The Balaban J connectivity index is 1.38. The second kappa shape index (κ2) is 8.03. The van der Waals surface area contributed by atoms with Crippen molar-refractivity contribution in [1.29, 1.82) is 0 Å². The molecule has 2 aliphatic rings. The van der Waals surface area contributed by atoms with Crippen molar-refractivity contribution in [2.45, 2.75) is 30.7 Å². The summed E-state index contributed by atoms with van der Waals surface area (Å²) in [7, 11) is 0. The Labute approximate surface area is 147 Å². The average molecular weight is 347 g/mol. The normalized spacial score (nSPS) is 18.5. The van der Waals surface area contributed by atoms with Gasteiger partial charge in [0.05, 0.1) is 12.3 Å². The summed E-state index contributed by atoms with van der Waals surface area (Å²) in [6.07, 6.45) is 2.24. The SMILES string of the molecule is Cc1ccccc1SCC(=O)N1CCN(CC(=O)NC2CC2)CC1. The summed E-state index contributed by atoms with van der Waals surface area (Å²) in [5, 5.41) is 3.01. The van der Waals surface area contributed by atoms with E-state index in [1.54, 1.807) is 11.8 Å². The summed E-state index contributed by atoms with van der Waals surface area (Å²) in [5.41, 5.74) is 1.21. The molecular formula is C18H25N3O2S. The molecule has 1 aliphatic carbocycles. The van der Waals surface area contributed by atoms with Gasteiger partial charge in [0.15, 0.2) is 0 Å². The van der Waals surface area contributed by atoms with Gasteiger partial charge in [-0.3, -0.25) is 14.5 Å². The Morgan fingerprint density at radius 2 is 1.88 bits per heavy atom. The number of carbonyl (C=O) groups is 2. The molecule has 1 heterocycles. The van der Waals surface area contributed by atoms with Gasteiger partial charge in [-0.2, -0.15) is 0 Å². The van der Waals surface area contributed by atoms with Crippen molar-refractivity contribution in [3.8, 4) is 0 Å². The van der Waals surface area contributed by atoms with Crippen LogP contribution in [0.25, 0.3) is 0 Å². The zero-order valence-electron chi connectivity index (χ0n) is 14.2. The molecule has 24 heavy (non-hydrogen) atoms. The minimum absolute atomic E-state index is 0.118. The first-order valence-corrected chi connectivity index (χ1v) is 9.58. The molecule has 1 saturated heterocycles. The van der Waals surface area contributed by atoms with Crippen LogP contribution in [0.15, 0.2) is 29.2 Å². The molecule has 1 saturated carbocycles. The lowest BCUT2D eigenvalue weighted by molar-refractivity contribution is -0.130. The molecule has 2 amide bonds. The molecule has 0 atom stereocenters. The van der Waals surface area contributed by atoms with Crippen molar-refractivity contribution in [2.24, 2.45) is 0 Å². The minimum Gasteiger partial charge on any atom is -0.352 e. The van der Waals surface area contributed by atoms with Crippen molar-refractivity contribution >= 4 is 23.6 Å². The van der Waals surface area contributed by atoms with E-state index >= 15 is 0 Å². The zero-order chi connectivity index (χ0) is 16.9. The number of thioether (sulfide) groups is 1. The molecular weight excluding hydrogens is 322 g/mol. The molecule has 0 radical (unpaired) electrons. The van der Waals surface area contributed by atoms with Gasteiger partial charge in [-0.1, -0.05) is 18.2 Å². The monoisotopic (exact) mass is 347 g/mol. The highest BCUT2D eigenvalue weighted by Crippen LogP contribution is 2.22. The van der Waals surface area contributed by atoms with Crippen LogP contribution >= 0.6 is 11.8 Å². The smallest absolute Gasteiger partial charge is 0.234 e. The van der Waals surface area contributed by atoms with Gasteiger partial charge >= 0.3 is 0 Å². The summed E-state index contributed by atoms with van der Waals surface area (Å²) in [6, 6.07) is 8.56. The third-order valence-corrected chi connectivity index (χ3v) is 5.64. The van der Waals surface area contributed by atoms with Crippen LogP contribution in [-0.2, 0) is 9.59 Å². The maximum Gasteiger partial charge on any atom is 0.234 e. The summed E-state index contributed by atoms with van der Waals surface area (Å²) in [6.45, 7) is 5.50. The van der Waals surface area contributed by atoms with Gasteiger partial charge in [-0.25, -0.2) is 0 Å². The molecule has 0 aromatic heterocycles. The number of hydrogen-bond donors (Lipinski definition) is 1. The molecule has 0 spiro atoms. The zero-order valence-corrected chi connectivity index (χ0v) is 15.0. The fourth-order valence-corrected chi connectivity index (χ4v) is 3.74. The van der Waals surface area contributed by atoms with Gasteiger partial charge in [0, 0.05) is 37.1 Å². The molecule has 130 valence electrons. The van der Waals surface area contributed by atoms with Gasteiger partial charge in [-0.15, -0.1) is 11.8 Å². The number of nitrogens with one attached hydrogen (secondary N) is 1. The maximum atomic E-state index is 12.4. The second-order valence-electron chi connectivity index (χ2n) is 6.55. The highest BCUT2D eigenvalue weighted by atomic mass is 32.2. The first-order chi connectivity index (χ1) is 11.6. The Morgan fingerprint density at radius 3 is 2.54 bits per heavy atom. The Morgan fingerprint density at radius 1 is 1.17 bits per heavy atom. The van der Waals surface area contributed by atoms with Crippen LogP contribution in [0.4, 0.5) is 0 Å². The first-order valence-electron chi connectivity index (χ1n) is 8.60. The molecule has 1 aliphatic heterocycles. The Bertz CT molecular complexity index is 596. The summed E-state index contributed by atoms with van der Waals surface area (Å²) < 4.78 is 0. The van der Waals surface area contributed by atoms with E-state index in [9.17, 15) is 9.59 Å². The number of piperazine rings is 1. The van der Waals surface area contributed by atoms with Gasteiger partial charge in [-0.05, 0) is 31.4 Å². The Kier molecular flexibility index (Phi) is 5.79. The standard InChI is InChI=1S/C18H25N3O2S/c1-14-4-2-3-5-16(14)24-13-18(23)21-10-8-20(9-11-21)12-17(22)19-15-6-7-15/h2-5,15H,6-13H2,1H3,(H,19,22). The number of hydrogen-bond acceptors (Lipinski definition) is 4. The van der Waals surface area contributed by atoms with Crippen molar-refractivity contribution in [1.82, 2.24) is 15.1 Å². The second-order valence-corrected chi connectivity index (χ2v) is 7.57. The average Bonchev–Trinajstić information content (AvgIpc) is 3.38. The molecule has 5 nitrogen and oxygen atoms in total. The van der Waals surface area contributed by atoms with E-state index in [0.717, 1.165) is 25.9 Å². The predicted octanol–water partition coefficient (Wildman–Crippen LogP) is 1.51. The van der Waals surface area contributed by atoms with E-state index in [0.29, 0.717) is 31.4 Å². The molecule has 1 N–H and O–H groups in total. The van der Waals surface area contributed by atoms with Crippen molar-refractivity contribution in [2.75, 3.05) is 38.5 Å². The van der Waals surface area contributed by atoms with E-state index in [2.05, 4.69) is 29.3 Å². The van der Waals surface area contributed by atoms with E-state index in [-0.39, 0.29) is 11.8 Å². The van der Waals surface area contributed by atoms with E-state index in [1.165, 1.54) is 10.5 Å². The summed E-state index contributed by atoms with van der Waals surface area (Å²) in [4.78, 5) is 29.4. The van der Waals surface area contributed by atoms with Crippen LogP contribution in [-0.4, -0.2) is 66.1 Å². The van der Waals surface area contributed by atoms with E-state index < -0.39 is 0 Å². The molecule has 3 rings (SSSR count). The number of carbonyl (C=O) groups excluding carboxylic acids is 2. The summed E-state index contributed by atoms with van der Waals surface area (Å²) >= 11 is 1.61. The van der Waals surface area contributed by atoms with Crippen LogP contribution < -0.4 is 5.32 Å². The third kappa shape index (κ3) is 4.98.